The quantitative estimate of drug-likeness (QED) is 0.415. The lowest BCUT2D eigenvalue weighted by Gasteiger charge is -2.29. The lowest BCUT2D eigenvalue weighted by Crippen LogP contribution is -2.31. The maximum Gasteiger partial charge on any atom is 0.336 e. The van der Waals surface area contributed by atoms with Crippen LogP contribution in [-0.2, 0) is 24.1 Å². The molecule has 0 saturated carbocycles. The number of hydrogen-bond donors (Lipinski definition) is 1. The Bertz CT molecular complexity index is 1530. The van der Waals surface area contributed by atoms with E-state index >= 15 is 4.39 Å². The summed E-state index contributed by atoms with van der Waals surface area (Å²) in [6, 6.07) is 6.53. The van der Waals surface area contributed by atoms with Crippen molar-refractivity contribution in [2.75, 3.05) is 13.2 Å². The predicted molar refractivity (Wildman–Crippen MR) is 125 cm³/mol. The molecule has 0 radical (unpaired) electrons. The average Bonchev–Trinajstić information content (AvgIpc) is 3.30. The molecule has 2 aliphatic rings. The number of imidazole rings is 1. The van der Waals surface area contributed by atoms with Crippen LogP contribution in [0.4, 0.5) is 13.2 Å². The Kier molecular flexibility index (Phi) is 4.80. The molecule has 0 atom stereocenters. The number of fused-ring (bicyclic) bond motifs is 4. The van der Waals surface area contributed by atoms with Crippen LogP contribution >= 0.6 is 0 Å². The molecule has 1 aliphatic carbocycles. The Morgan fingerprint density at radius 3 is 2.71 bits per heavy atom. The van der Waals surface area contributed by atoms with E-state index in [-0.39, 0.29) is 35.5 Å². The van der Waals surface area contributed by atoms with Gasteiger partial charge in [0.25, 0.3) is 5.92 Å². The standard InChI is InChI=1S/C26H24F3N3O3/c1-3-31-20-5-4-14(8-17(20)18-10-26(28,29)7-6-21(18)31)24-30-22-13(2)16(25(33)34)9-19(27)23(22)32(24)15-11-35-12-15/h4-5,8-9,15H,3,6-7,10-12H2,1-2H3,(H,33,34). The van der Waals surface area contributed by atoms with Gasteiger partial charge in [-0.25, -0.2) is 22.9 Å². The molecule has 0 bridgehead atoms. The summed E-state index contributed by atoms with van der Waals surface area (Å²) in [5.74, 6) is -4.16. The molecule has 0 unspecified atom stereocenters. The number of hydrogen-bond acceptors (Lipinski definition) is 3. The van der Waals surface area contributed by atoms with Gasteiger partial charge >= 0.3 is 5.97 Å². The highest BCUT2D eigenvalue weighted by Crippen LogP contribution is 2.41. The first-order chi connectivity index (χ1) is 16.7. The van der Waals surface area contributed by atoms with E-state index in [0.29, 0.717) is 48.7 Å². The van der Waals surface area contributed by atoms with Crippen molar-refractivity contribution >= 4 is 27.9 Å². The highest BCUT2D eigenvalue weighted by atomic mass is 19.3. The molecule has 182 valence electrons. The second-order valence-corrected chi connectivity index (χ2v) is 9.46. The molecule has 2 aromatic heterocycles. The number of nitrogens with zero attached hydrogens (tertiary/aromatic N) is 3. The molecule has 1 aliphatic heterocycles. The number of carbonyl (C=O) groups is 1. The number of carboxylic acid groups (broad SMARTS) is 1. The fourth-order valence-electron chi connectivity index (χ4n) is 5.62. The van der Waals surface area contributed by atoms with E-state index in [1.807, 2.05) is 25.1 Å². The Hall–Kier alpha value is -3.33. The van der Waals surface area contributed by atoms with E-state index in [1.54, 1.807) is 11.5 Å². The van der Waals surface area contributed by atoms with E-state index in [9.17, 15) is 18.7 Å². The van der Waals surface area contributed by atoms with Gasteiger partial charge in [-0.15, -0.1) is 0 Å². The fourth-order valence-corrected chi connectivity index (χ4v) is 5.62. The molecule has 2 aromatic carbocycles. The van der Waals surface area contributed by atoms with Gasteiger partial charge in [-0.1, -0.05) is 0 Å². The second-order valence-electron chi connectivity index (χ2n) is 9.46. The molecule has 1 N–H and O–H groups in total. The highest BCUT2D eigenvalue weighted by molar-refractivity contribution is 5.97. The van der Waals surface area contributed by atoms with Crippen LogP contribution in [0.1, 0.15) is 46.6 Å². The van der Waals surface area contributed by atoms with Crippen LogP contribution in [0.15, 0.2) is 24.3 Å². The summed E-state index contributed by atoms with van der Waals surface area (Å²) < 4.78 is 53.2. The van der Waals surface area contributed by atoms with Gasteiger partial charge in [-0.2, -0.15) is 0 Å². The average molecular weight is 483 g/mol. The van der Waals surface area contributed by atoms with E-state index < -0.39 is 17.7 Å². The Morgan fingerprint density at radius 1 is 1.29 bits per heavy atom. The van der Waals surface area contributed by atoms with Crippen molar-refractivity contribution in [3.8, 4) is 11.4 Å². The molecule has 4 aromatic rings. The number of alkyl halides is 2. The van der Waals surface area contributed by atoms with Crippen LogP contribution in [0.2, 0.25) is 0 Å². The zero-order valence-corrected chi connectivity index (χ0v) is 19.4. The van der Waals surface area contributed by atoms with E-state index in [4.69, 9.17) is 9.72 Å². The summed E-state index contributed by atoms with van der Waals surface area (Å²) in [7, 11) is 0. The van der Waals surface area contributed by atoms with Gasteiger partial charge in [0.1, 0.15) is 17.2 Å². The number of rotatable bonds is 4. The normalized spacial score (nSPS) is 17.6. The number of ether oxygens (including phenoxy) is 1. The van der Waals surface area contributed by atoms with Crippen molar-refractivity contribution in [3.63, 3.8) is 0 Å². The van der Waals surface area contributed by atoms with Crippen LogP contribution in [0.5, 0.6) is 0 Å². The third-order valence-corrected chi connectivity index (χ3v) is 7.41. The molecule has 3 heterocycles. The van der Waals surface area contributed by atoms with Gasteiger partial charge in [0, 0.05) is 41.5 Å². The lowest BCUT2D eigenvalue weighted by atomic mass is 9.92. The summed E-state index contributed by atoms with van der Waals surface area (Å²) in [5.41, 5.74) is 3.92. The van der Waals surface area contributed by atoms with E-state index in [0.717, 1.165) is 22.7 Å². The Morgan fingerprint density at radius 2 is 2.06 bits per heavy atom. The molecule has 6 nitrogen and oxygen atoms in total. The summed E-state index contributed by atoms with van der Waals surface area (Å²) in [6.07, 6.45) is -0.149. The van der Waals surface area contributed by atoms with Crippen molar-refractivity contribution in [2.24, 2.45) is 0 Å². The maximum atomic E-state index is 15.3. The number of aryl methyl sites for hydroxylation is 2. The largest absolute Gasteiger partial charge is 0.478 e. The molecular formula is C26H24F3N3O3. The molecule has 1 fully saturated rings. The monoisotopic (exact) mass is 483 g/mol. The first kappa shape index (κ1) is 22.2. The van der Waals surface area contributed by atoms with Crippen LogP contribution in [0.25, 0.3) is 33.3 Å². The Balaban J connectivity index is 1.62. The third kappa shape index (κ3) is 3.21. The first-order valence-electron chi connectivity index (χ1n) is 11.7. The van der Waals surface area contributed by atoms with E-state index in [1.165, 1.54) is 0 Å². The molecule has 1 saturated heterocycles. The van der Waals surface area contributed by atoms with Crippen LogP contribution in [-0.4, -0.2) is 44.3 Å². The van der Waals surface area contributed by atoms with Crippen molar-refractivity contribution in [2.45, 2.75) is 51.6 Å². The smallest absolute Gasteiger partial charge is 0.336 e. The van der Waals surface area contributed by atoms with Crippen molar-refractivity contribution in [1.82, 2.24) is 14.1 Å². The highest BCUT2D eigenvalue weighted by Gasteiger charge is 2.37. The number of carboxylic acids is 1. The van der Waals surface area contributed by atoms with Gasteiger partial charge in [0.05, 0.1) is 30.3 Å². The summed E-state index contributed by atoms with van der Waals surface area (Å²) in [5, 5.41) is 10.3. The SMILES string of the molecule is CCn1c2c(c3cc(-c4nc5c(C)c(C(=O)O)cc(F)c5n4C4COC4)ccc31)CC(F)(F)CC2. The van der Waals surface area contributed by atoms with Gasteiger partial charge in [-0.3, -0.25) is 0 Å². The van der Waals surface area contributed by atoms with Gasteiger partial charge in [0.2, 0.25) is 0 Å². The molecule has 6 rings (SSSR count). The zero-order valence-electron chi connectivity index (χ0n) is 19.4. The number of aromatic carboxylic acids is 1. The van der Waals surface area contributed by atoms with Gasteiger partial charge < -0.3 is 19.0 Å². The van der Waals surface area contributed by atoms with Gasteiger partial charge in [0.15, 0.2) is 0 Å². The maximum absolute atomic E-state index is 15.3. The minimum absolute atomic E-state index is 0.136. The minimum atomic E-state index is -2.75. The topological polar surface area (TPSA) is 69.3 Å². The Labute approximate surface area is 198 Å². The number of aromatic nitrogens is 3. The lowest BCUT2D eigenvalue weighted by molar-refractivity contribution is -0.0210. The summed E-state index contributed by atoms with van der Waals surface area (Å²) >= 11 is 0. The summed E-state index contributed by atoms with van der Waals surface area (Å²) in [6.45, 7) is 5.06. The third-order valence-electron chi connectivity index (χ3n) is 7.41. The van der Waals surface area contributed by atoms with Crippen LogP contribution in [0.3, 0.4) is 0 Å². The van der Waals surface area contributed by atoms with Crippen LogP contribution in [0, 0.1) is 12.7 Å². The second kappa shape index (κ2) is 7.58. The van der Waals surface area contributed by atoms with Crippen molar-refractivity contribution < 1.29 is 27.8 Å². The van der Waals surface area contributed by atoms with Crippen LogP contribution < -0.4 is 0 Å². The predicted octanol–water partition coefficient (Wildman–Crippen LogP) is 5.52. The van der Waals surface area contributed by atoms with Crippen molar-refractivity contribution in [3.05, 3.63) is 52.5 Å². The zero-order chi connectivity index (χ0) is 24.6. The minimum Gasteiger partial charge on any atom is -0.478 e. The number of benzene rings is 2. The first-order valence-corrected chi connectivity index (χ1v) is 11.7. The van der Waals surface area contributed by atoms with E-state index in [2.05, 4.69) is 4.57 Å². The number of halogens is 3. The summed E-state index contributed by atoms with van der Waals surface area (Å²) in [4.78, 5) is 16.4. The fraction of sp³-hybridized carbons (Fsp3) is 0.385. The van der Waals surface area contributed by atoms with Gasteiger partial charge in [-0.05, 0) is 55.7 Å². The molecule has 0 amide bonds. The molecule has 9 heteroatoms. The molecule has 35 heavy (non-hydrogen) atoms. The molecular weight excluding hydrogens is 459 g/mol. The molecule has 0 spiro atoms. The van der Waals surface area contributed by atoms with Crippen molar-refractivity contribution in [1.29, 1.82) is 0 Å².